The number of nitrogens with two attached hydrogens (primary N) is 1. The number of hydrogen-bond acceptors (Lipinski definition) is 8. The summed E-state index contributed by atoms with van der Waals surface area (Å²) in [6.45, 7) is 9.33. The highest BCUT2D eigenvalue weighted by atomic mass is 28.4. The summed E-state index contributed by atoms with van der Waals surface area (Å²) in [5.41, 5.74) is 6.08. The van der Waals surface area contributed by atoms with E-state index >= 15 is 0 Å². The molecule has 2 saturated heterocycles. The minimum atomic E-state index is -2.97. The van der Waals surface area contributed by atoms with Gasteiger partial charge in [-0.05, 0) is 44.7 Å². The Bertz CT molecular complexity index is 2180. The fourth-order valence-electron chi connectivity index (χ4n) is 7.91. The molecule has 5 atom stereocenters. The van der Waals surface area contributed by atoms with Crippen LogP contribution in [0.4, 0.5) is 5.95 Å². The van der Waals surface area contributed by atoms with Gasteiger partial charge in [0, 0.05) is 0 Å². The maximum Gasteiger partial charge on any atom is 0.280 e. The van der Waals surface area contributed by atoms with Crippen LogP contribution in [-0.4, -0.2) is 58.4 Å². The van der Waals surface area contributed by atoms with E-state index < -0.39 is 37.9 Å². The van der Waals surface area contributed by atoms with Crippen LogP contribution in [-0.2, 0) is 25.2 Å². The molecular formula is C39H41N5O5Si. The second-order valence-electron chi connectivity index (χ2n) is 14.3. The highest BCUT2D eigenvalue weighted by Gasteiger charge is 2.68. The molecular weight excluding hydrogens is 647 g/mol. The van der Waals surface area contributed by atoms with Crippen LogP contribution in [0.5, 0.6) is 0 Å². The van der Waals surface area contributed by atoms with E-state index in [0.717, 1.165) is 10.9 Å². The molecule has 0 radical (unpaired) electrons. The Morgan fingerprint density at radius 1 is 0.940 bits per heavy atom. The van der Waals surface area contributed by atoms with Crippen molar-refractivity contribution in [2.75, 3.05) is 12.3 Å². The molecule has 50 heavy (non-hydrogen) atoms. The molecule has 0 aliphatic carbocycles. The molecule has 3 N–H and O–H groups in total. The summed E-state index contributed by atoms with van der Waals surface area (Å²) in [5.74, 6) is -0.00414. The summed E-state index contributed by atoms with van der Waals surface area (Å²) in [6, 6.07) is 35.7. The average molecular weight is 688 g/mol. The zero-order chi connectivity index (χ0) is 34.7. The van der Waals surface area contributed by atoms with E-state index in [0.29, 0.717) is 12.3 Å². The molecule has 2 bridgehead atoms. The number of H-pyrrole nitrogens is 1. The Hall–Kier alpha value is -4.65. The van der Waals surface area contributed by atoms with Crippen molar-refractivity contribution in [3.05, 3.63) is 125 Å². The Morgan fingerprint density at radius 3 is 2.28 bits per heavy atom. The highest BCUT2D eigenvalue weighted by molar-refractivity contribution is 6.99. The van der Waals surface area contributed by atoms with E-state index in [1.807, 2.05) is 31.2 Å². The van der Waals surface area contributed by atoms with Crippen molar-refractivity contribution in [1.29, 1.82) is 0 Å². The van der Waals surface area contributed by atoms with Gasteiger partial charge >= 0.3 is 0 Å². The van der Waals surface area contributed by atoms with Crippen molar-refractivity contribution < 1.29 is 18.6 Å². The number of benzene rings is 4. The van der Waals surface area contributed by atoms with Crippen LogP contribution in [0.3, 0.4) is 0 Å². The monoisotopic (exact) mass is 687 g/mol. The second kappa shape index (κ2) is 12.3. The first kappa shape index (κ1) is 32.5. The molecule has 10 nitrogen and oxygen atoms in total. The predicted octanol–water partition coefficient (Wildman–Crippen LogP) is 5.07. The molecule has 8 rings (SSSR count). The predicted molar refractivity (Wildman–Crippen MR) is 196 cm³/mol. The second-order valence-corrected chi connectivity index (χ2v) is 18.7. The summed E-state index contributed by atoms with van der Waals surface area (Å²) in [5, 5.41) is 4.39. The molecule has 11 heteroatoms. The van der Waals surface area contributed by atoms with Crippen LogP contribution in [0, 0.1) is 0 Å². The Balaban J connectivity index is 1.21. The topological polar surface area (TPSA) is 127 Å². The van der Waals surface area contributed by atoms with Crippen molar-refractivity contribution in [3.8, 4) is 0 Å². The third-order valence-corrected chi connectivity index (χ3v) is 15.3. The third-order valence-electron chi connectivity index (χ3n) is 10.3. The fourth-order valence-corrected chi connectivity index (χ4v) is 12.5. The Labute approximate surface area is 291 Å². The smallest absolute Gasteiger partial charge is 0.280 e. The summed E-state index contributed by atoms with van der Waals surface area (Å²) in [6.07, 6.45) is -0.589. The lowest BCUT2D eigenvalue weighted by molar-refractivity contribution is -0.216. The van der Waals surface area contributed by atoms with Crippen LogP contribution >= 0.6 is 0 Å². The summed E-state index contributed by atoms with van der Waals surface area (Å²) >= 11 is 0. The van der Waals surface area contributed by atoms with Crippen molar-refractivity contribution in [3.63, 3.8) is 0 Å². The number of nitrogen functional groups attached to an aromatic ring is 1. The number of nitrogens with one attached hydrogen (secondary N) is 1. The molecule has 1 unspecified atom stereocenters. The molecule has 0 spiro atoms. The normalized spacial score (nSPS) is 23.6. The lowest BCUT2D eigenvalue weighted by Gasteiger charge is -2.46. The van der Waals surface area contributed by atoms with E-state index in [1.54, 1.807) is 10.9 Å². The SMILES string of the molecule is CC1O[C@H]2[C@H](n3cnc4c(=O)[nH]c(N)nc43)O[C@]1(CO[Si](c1ccccc1)(c1ccccc1)C(C)(C)C)[C@H]2OCc1ccc2ccccc2c1. The van der Waals surface area contributed by atoms with Crippen molar-refractivity contribution in [2.24, 2.45) is 0 Å². The Kier molecular flexibility index (Phi) is 8.00. The van der Waals surface area contributed by atoms with Gasteiger partial charge in [-0.3, -0.25) is 14.3 Å². The van der Waals surface area contributed by atoms with Gasteiger partial charge < -0.3 is 24.4 Å². The number of fused-ring (bicyclic) bond motifs is 4. The van der Waals surface area contributed by atoms with Gasteiger partial charge in [-0.2, -0.15) is 4.98 Å². The maximum absolute atomic E-state index is 12.7. The van der Waals surface area contributed by atoms with Gasteiger partial charge in [0.2, 0.25) is 5.95 Å². The number of rotatable bonds is 9. The first-order chi connectivity index (χ1) is 24.1. The van der Waals surface area contributed by atoms with Gasteiger partial charge in [-0.1, -0.05) is 118 Å². The van der Waals surface area contributed by atoms with Gasteiger partial charge in [0.15, 0.2) is 17.4 Å². The number of nitrogens with zero attached hydrogens (tertiary/aromatic N) is 3. The highest BCUT2D eigenvalue weighted by Crippen LogP contribution is 2.52. The van der Waals surface area contributed by atoms with Gasteiger partial charge in [0.05, 0.1) is 25.6 Å². The molecule has 2 aliphatic heterocycles. The number of hydrogen-bond donors (Lipinski definition) is 2. The zero-order valence-electron chi connectivity index (χ0n) is 28.6. The standard InChI is InChI=1S/C39H41N5O5Si/c1-25-39(23-47-50(38(2,3)4,29-15-7-5-8-16-29)30-17-9-6-10-18-30)33(46-22-26-19-20-27-13-11-12-14-28(27)21-26)32(48-25)36(49-39)44-24-41-31-34(44)42-37(40)43-35(31)45/h5-21,24-25,32-33,36H,22-23H2,1-4H3,(H3,40,42,43,45)/t25?,32-,33+,36-,39+/m1/s1. The van der Waals surface area contributed by atoms with E-state index in [2.05, 4.69) is 115 Å². The number of imidazole rings is 1. The fraction of sp³-hybridized carbons (Fsp3) is 0.308. The van der Waals surface area contributed by atoms with Gasteiger partial charge in [-0.15, -0.1) is 0 Å². The lowest BCUT2D eigenvalue weighted by atomic mass is 9.94. The quantitative estimate of drug-likeness (QED) is 0.202. The summed E-state index contributed by atoms with van der Waals surface area (Å²) < 4.78 is 30.0. The van der Waals surface area contributed by atoms with Gasteiger partial charge in [-0.25, -0.2) is 4.98 Å². The largest absolute Gasteiger partial charge is 0.404 e. The van der Waals surface area contributed by atoms with E-state index in [1.165, 1.54) is 15.8 Å². The van der Waals surface area contributed by atoms with Crippen LogP contribution < -0.4 is 21.7 Å². The van der Waals surface area contributed by atoms with Crippen LogP contribution in [0.25, 0.3) is 21.9 Å². The molecule has 6 aromatic rings. The van der Waals surface area contributed by atoms with E-state index in [4.69, 9.17) is 24.4 Å². The molecule has 2 fully saturated rings. The van der Waals surface area contributed by atoms with Crippen LogP contribution in [0.2, 0.25) is 5.04 Å². The van der Waals surface area contributed by atoms with Crippen molar-refractivity contribution >= 4 is 46.6 Å². The minimum absolute atomic E-state index is 0.00414. The van der Waals surface area contributed by atoms with Crippen molar-refractivity contribution in [1.82, 2.24) is 19.5 Å². The first-order valence-corrected chi connectivity index (χ1v) is 18.9. The van der Waals surface area contributed by atoms with Crippen molar-refractivity contribution in [2.45, 2.75) is 69.5 Å². The minimum Gasteiger partial charge on any atom is -0.404 e. The zero-order valence-corrected chi connectivity index (χ0v) is 29.6. The molecule has 256 valence electrons. The van der Waals surface area contributed by atoms with E-state index in [9.17, 15) is 4.79 Å². The molecule has 0 amide bonds. The first-order valence-electron chi connectivity index (χ1n) is 17.0. The number of ether oxygens (including phenoxy) is 3. The molecule has 4 heterocycles. The Morgan fingerprint density at radius 2 is 1.60 bits per heavy atom. The third kappa shape index (κ3) is 5.19. The molecule has 4 aromatic carbocycles. The molecule has 0 saturated carbocycles. The summed E-state index contributed by atoms with van der Waals surface area (Å²) in [7, 11) is -2.97. The summed E-state index contributed by atoms with van der Waals surface area (Å²) in [4.78, 5) is 24.1. The van der Waals surface area contributed by atoms with Gasteiger partial charge in [0.25, 0.3) is 13.9 Å². The maximum atomic E-state index is 12.7. The van der Waals surface area contributed by atoms with Crippen LogP contribution in [0.15, 0.2) is 114 Å². The number of aromatic nitrogens is 4. The number of aromatic amines is 1. The number of anilines is 1. The molecule has 2 aromatic heterocycles. The lowest BCUT2D eigenvalue weighted by Crippen LogP contribution is -2.68. The van der Waals surface area contributed by atoms with Crippen LogP contribution in [0.1, 0.15) is 39.5 Å². The van der Waals surface area contributed by atoms with Gasteiger partial charge in [0.1, 0.15) is 17.8 Å². The molecule has 2 aliphatic rings. The average Bonchev–Trinajstić information content (AvgIpc) is 3.75. The van der Waals surface area contributed by atoms with E-state index in [-0.39, 0.29) is 29.2 Å².